The van der Waals surface area contributed by atoms with Gasteiger partial charge < -0.3 is 29.5 Å². The van der Waals surface area contributed by atoms with Crippen LogP contribution in [0.25, 0.3) is 6.08 Å². The molecule has 1 fully saturated rings. The number of ether oxygens (including phenoxy) is 2. The van der Waals surface area contributed by atoms with Gasteiger partial charge in [-0.3, -0.25) is 4.79 Å². The number of aliphatic hydroxyl groups excluding tert-OH is 1. The van der Waals surface area contributed by atoms with E-state index in [2.05, 4.69) is 0 Å². The number of benzene rings is 2. The number of methoxy groups -OCH3 is 1. The number of phenols is 1. The summed E-state index contributed by atoms with van der Waals surface area (Å²) in [5.74, 6) is 1.37. The van der Waals surface area contributed by atoms with Gasteiger partial charge in [0.05, 0.1) is 24.8 Å². The summed E-state index contributed by atoms with van der Waals surface area (Å²) in [4.78, 5) is 15.9. The van der Waals surface area contributed by atoms with Crippen LogP contribution in [0.5, 0.6) is 17.2 Å². The van der Waals surface area contributed by atoms with E-state index in [-0.39, 0.29) is 23.9 Å². The first-order chi connectivity index (χ1) is 15.0. The topological polar surface area (TPSA) is 84.9 Å². The van der Waals surface area contributed by atoms with Crippen molar-refractivity contribution in [1.82, 2.24) is 0 Å². The smallest absolute Gasteiger partial charge is 0.232 e. The highest BCUT2D eigenvalue weighted by Crippen LogP contribution is 2.41. The van der Waals surface area contributed by atoms with Gasteiger partial charge in [-0.25, -0.2) is 0 Å². The zero-order chi connectivity index (χ0) is 22.0. The van der Waals surface area contributed by atoms with E-state index in [1.165, 1.54) is 9.80 Å². The number of hydrogen-bond acceptors (Lipinski definition) is 5. The summed E-state index contributed by atoms with van der Waals surface area (Å²) in [6, 6.07) is 9.12. The van der Waals surface area contributed by atoms with Crippen molar-refractivity contribution in [3.8, 4) is 17.2 Å². The van der Waals surface area contributed by atoms with Crippen molar-refractivity contribution in [2.45, 2.75) is 13.5 Å². The van der Waals surface area contributed by atoms with Crippen LogP contribution in [0.4, 0.5) is 0 Å². The maximum Gasteiger partial charge on any atom is 0.232 e. The number of carbonyl (C=O) groups is 1. The molecule has 0 aromatic heterocycles. The summed E-state index contributed by atoms with van der Waals surface area (Å²) in [6.07, 6.45) is 1.70. The number of quaternary nitrogens is 2. The highest BCUT2D eigenvalue weighted by atomic mass is 16.5. The predicted molar refractivity (Wildman–Crippen MR) is 116 cm³/mol. The molecule has 0 bridgehead atoms. The highest BCUT2D eigenvalue weighted by molar-refractivity contribution is 6.16. The van der Waals surface area contributed by atoms with E-state index in [1.54, 1.807) is 19.3 Å². The minimum Gasteiger partial charge on any atom is -0.507 e. The second-order valence-corrected chi connectivity index (χ2v) is 8.23. The van der Waals surface area contributed by atoms with Crippen molar-refractivity contribution in [3.63, 3.8) is 0 Å². The number of carbonyl (C=O) groups excluding carboxylic acids is 1. The van der Waals surface area contributed by atoms with E-state index in [9.17, 15) is 9.90 Å². The average Bonchev–Trinajstić information content (AvgIpc) is 3.09. The number of nitrogens with one attached hydrogen (secondary N) is 2. The van der Waals surface area contributed by atoms with Gasteiger partial charge in [-0.1, -0.05) is 18.2 Å². The summed E-state index contributed by atoms with van der Waals surface area (Å²) in [5.41, 5.74) is 2.67. The molecule has 0 radical (unpaired) electrons. The molecule has 4 N–H and O–H groups in total. The molecule has 31 heavy (non-hydrogen) atoms. The monoisotopic (exact) mass is 426 g/mol. The molecule has 0 amide bonds. The molecule has 0 spiro atoms. The number of phenolic OH excluding ortho intramolecular Hbond substituents is 1. The number of aryl methyl sites for hydroxylation is 1. The van der Waals surface area contributed by atoms with Gasteiger partial charge in [0.1, 0.15) is 50.8 Å². The van der Waals surface area contributed by atoms with Crippen molar-refractivity contribution in [1.29, 1.82) is 0 Å². The number of rotatable bonds is 6. The molecule has 0 saturated carbocycles. The Labute approximate surface area is 182 Å². The first-order valence-corrected chi connectivity index (χ1v) is 10.7. The fourth-order valence-corrected chi connectivity index (χ4v) is 4.47. The zero-order valence-electron chi connectivity index (χ0n) is 18.0. The highest BCUT2D eigenvalue weighted by Gasteiger charge is 2.35. The molecule has 0 atom stereocenters. The van der Waals surface area contributed by atoms with Crippen LogP contribution in [-0.2, 0) is 6.54 Å². The number of allylic oxidation sites excluding steroid dienone is 1. The lowest BCUT2D eigenvalue weighted by Gasteiger charge is -2.29. The Hall–Kier alpha value is -2.87. The fraction of sp³-hybridized carbons (Fsp3) is 0.375. The fourth-order valence-electron chi connectivity index (χ4n) is 4.47. The number of piperazine rings is 1. The quantitative estimate of drug-likeness (QED) is 0.473. The van der Waals surface area contributed by atoms with Gasteiger partial charge in [0.2, 0.25) is 5.78 Å². The molecule has 164 valence electrons. The number of Topliss-reactive ketones (excluding diaryl/α,β-unsaturated/α-hetero) is 1. The average molecular weight is 427 g/mol. The van der Waals surface area contributed by atoms with Crippen molar-refractivity contribution in [2.75, 3.05) is 46.4 Å². The molecule has 0 unspecified atom stereocenters. The van der Waals surface area contributed by atoms with Gasteiger partial charge >= 0.3 is 0 Å². The summed E-state index contributed by atoms with van der Waals surface area (Å²) in [6.45, 7) is 7.22. The number of aliphatic hydroxyl groups is 1. The first kappa shape index (κ1) is 21.4. The van der Waals surface area contributed by atoms with Gasteiger partial charge in [0, 0.05) is 5.56 Å². The minimum absolute atomic E-state index is 0.167. The second-order valence-electron chi connectivity index (χ2n) is 8.23. The molecule has 4 rings (SSSR count). The van der Waals surface area contributed by atoms with Crippen molar-refractivity contribution >= 4 is 11.9 Å². The van der Waals surface area contributed by atoms with Crippen LogP contribution in [0.3, 0.4) is 0 Å². The molecule has 7 heteroatoms. The van der Waals surface area contributed by atoms with Gasteiger partial charge in [-0.2, -0.15) is 0 Å². The second kappa shape index (κ2) is 9.09. The lowest BCUT2D eigenvalue weighted by atomic mass is 9.99. The molecular weight excluding hydrogens is 396 g/mol. The number of aromatic hydroxyl groups is 1. The van der Waals surface area contributed by atoms with Crippen LogP contribution >= 0.6 is 0 Å². The van der Waals surface area contributed by atoms with Crippen molar-refractivity contribution in [3.05, 3.63) is 58.3 Å². The van der Waals surface area contributed by atoms with Crippen LogP contribution in [0.1, 0.15) is 27.0 Å². The molecule has 1 saturated heterocycles. The molecule has 2 aromatic carbocycles. The minimum atomic E-state index is -0.174. The third-order valence-electron chi connectivity index (χ3n) is 6.20. The SMILES string of the molecule is COc1ccccc1/C=C1\Oc2c(C[NH+]3CC[NH+](CCO)CC3)c(O)cc(C)c2C1=O. The van der Waals surface area contributed by atoms with Crippen LogP contribution in [-0.4, -0.2) is 62.4 Å². The Balaban J connectivity index is 1.61. The Kier molecular flexibility index (Phi) is 6.27. The molecular formula is C24H30N2O5+2. The van der Waals surface area contributed by atoms with Crippen molar-refractivity contribution in [2.24, 2.45) is 0 Å². The van der Waals surface area contributed by atoms with Gasteiger partial charge in [-0.15, -0.1) is 0 Å². The largest absolute Gasteiger partial charge is 0.507 e. The number of fused-ring (bicyclic) bond motifs is 1. The van der Waals surface area contributed by atoms with Crippen LogP contribution < -0.4 is 19.3 Å². The van der Waals surface area contributed by atoms with Crippen molar-refractivity contribution < 1.29 is 34.3 Å². The Bertz CT molecular complexity index is 1010. The maximum atomic E-state index is 13.1. The summed E-state index contributed by atoms with van der Waals surface area (Å²) >= 11 is 0. The van der Waals surface area contributed by atoms with E-state index in [0.29, 0.717) is 34.7 Å². The third-order valence-corrected chi connectivity index (χ3v) is 6.20. The normalized spacial score (nSPS) is 21.8. The van der Waals surface area contributed by atoms with Gasteiger partial charge in [-0.05, 0) is 30.7 Å². The zero-order valence-corrected chi connectivity index (χ0v) is 18.0. The molecule has 2 heterocycles. The van der Waals surface area contributed by atoms with E-state index in [4.69, 9.17) is 14.6 Å². The maximum absolute atomic E-state index is 13.1. The Morgan fingerprint density at radius 1 is 1.16 bits per heavy atom. The summed E-state index contributed by atoms with van der Waals surface area (Å²) in [5, 5.41) is 19.8. The summed E-state index contributed by atoms with van der Waals surface area (Å²) < 4.78 is 11.4. The summed E-state index contributed by atoms with van der Waals surface area (Å²) in [7, 11) is 1.59. The molecule has 2 aliphatic rings. The third kappa shape index (κ3) is 4.30. The first-order valence-electron chi connectivity index (χ1n) is 10.7. The van der Waals surface area contributed by atoms with Crippen LogP contribution in [0.15, 0.2) is 36.1 Å². The molecule has 2 aromatic rings. The number of para-hydroxylation sites is 1. The van der Waals surface area contributed by atoms with E-state index in [1.807, 2.05) is 31.2 Å². The number of ketones is 1. The Morgan fingerprint density at radius 3 is 2.58 bits per heavy atom. The lowest BCUT2D eigenvalue weighted by molar-refractivity contribution is -1.02. The van der Waals surface area contributed by atoms with E-state index in [0.717, 1.165) is 38.3 Å². The van der Waals surface area contributed by atoms with Crippen LogP contribution in [0.2, 0.25) is 0 Å². The number of hydrogen-bond donors (Lipinski definition) is 4. The van der Waals surface area contributed by atoms with E-state index < -0.39 is 0 Å². The predicted octanol–water partition coefficient (Wildman–Crippen LogP) is -0.399. The Morgan fingerprint density at radius 2 is 1.87 bits per heavy atom. The van der Waals surface area contributed by atoms with Crippen LogP contribution in [0, 0.1) is 6.92 Å². The standard InChI is InChI=1S/C24H28N2O5/c1-16-13-19(28)18(15-26-9-7-25(8-10-26)11-12-27)24-22(16)23(29)21(31-24)14-17-5-3-4-6-20(17)30-2/h3-6,13-14,27-28H,7-12,15H2,1-2H3/p+2/b21-14-. The van der Waals surface area contributed by atoms with E-state index >= 15 is 0 Å². The molecule has 0 aliphatic carbocycles. The van der Waals surface area contributed by atoms with Gasteiger partial charge in [0.25, 0.3) is 0 Å². The molecule has 7 nitrogen and oxygen atoms in total. The molecule has 2 aliphatic heterocycles. The van der Waals surface area contributed by atoms with Gasteiger partial charge in [0.15, 0.2) is 11.5 Å². The lowest BCUT2D eigenvalue weighted by Crippen LogP contribution is -3.27.